The highest BCUT2D eigenvalue weighted by Crippen LogP contribution is 2.35. The second-order valence-corrected chi connectivity index (χ2v) is 6.29. The van der Waals surface area contributed by atoms with Crippen molar-refractivity contribution in [1.82, 2.24) is 5.43 Å². The first-order valence-corrected chi connectivity index (χ1v) is 9.60. The third-order valence-corrected chi connectivity index (χ3v) is 4.45. The van der Waals surface area contributed by atoms with E-state index in [1.807, 2.05) is 19.1 Å². The van der Waals surface area contributed by atoms with Gasteiger partial charge in [-0.25, -0.2) is 5.43 Å². The Hall–Kier alpha value is -2.73. The van der Waals surface area contributed by atoms with Crippen LogP contribution >= 0.6 is 11.6 Å². The average Bonchev–Trinajstić information content (AvgIpc) is 2.69. The van der Waals surface area contributed by atoms with Crippen molar-refractivity contribution in [3.8, 4) is 11.5 Å². The van der Waals surface area contributed by atoms with Crippen molar-refractivity contribution in [2.75, 3.05) is 31.7 Å². The smallest absolute Gasteiger partial charge is 0.271 e. The number of amides is 1. The summed E-state index contributed by atoms with van der Waals surface area (Å²) in [6.07, 6.45) is 1.51. The van der Waals surface area contributed by atoms with E-state index in [9.17, 15) is 4.79 Å². The summed E-state index contributed by atoms with van der Waals surface area (Å²) in [5.41, 5.74) is 4.83. The molecule has 28 heavy (non-hydrogen) atoms. The maximum Gasteiger partial charge on any atom is 0.271 e. The topological polar surface area (TPSA) is 63.2 Å². The largest absolute Gasteiger partial charge is 0.491 e. The number of methoxy groups -OCH3 is 1. The maximum atomic E-state index is 12.3. The molecule has 0 saturated carbocycles. The normalized spacial score (nSPS) is 10.8. The molecule has 2 rings (SSSR count). The number of benzene rings is 2. The molecule has 0 aliphatic carbocycles. The Labute approximate surface area is 171 Å². The van der Waals surface area contributed by atoms with Crippen molar-refractivity contribution in [3.63, 3.8) is 0 Å². The van der Waals surface area contributed by atoms with E-state index in [1.165, 1.54) is 13.3 Å². The van der Waals surface area contributed by atoms with Crippen molar-refractivity contribution < 1.29 is 14.3 Å². The van der Waals surface area contributed by atoms with Gasteiger partial charge < -0.3 is 14.4 Å². The summed E-state index contributed by atoms with van der Waals surface area (Å²) in [6, 6.07) is 10.9. The first-order valence-electron chi connectivity index (χ1n) is 9.22. The molecule has 0 aliphatic heterocycles. The summed E-state index contributed by atoms with van der Waals surface area (Å²) in [5, 5.41) is 4.43. The van der Waals surface area contributed by atoms with E-state index in [-0.39, 0.29) is 5.91 Å². The predicted octanol–water partition coefficient (Wildman–Crippen LogP) is 4.36. The number of ether oxygens (including phenoxy) is 2. The molecule has 2 aromatic carbocycles. The van der Waals surface area contributed by atoms with Gasteiger partial charge in [-0.2, -0.15) is 5.10 Å². The highest BCUT2D eigenvalue weighted by Gasteiger charge is 2.11. The zero-order valence-electron chi connectivity index (χ0n) is 16.7. The highest BCUT2D eigenvalue weighted by molar-refractivity contribution is 6.32. The van der Waals surface area contributed by atoms with Crippen LogP contribution in [0.25, 0.3) is 0 Å². The molecule has 2 aromatic rings. The molecule has 1 N–H and O–H groups in total. The van der Waals surface area contributed by atoms with Gasteiger partial charge in [0.1, 0.15) is 0 Å². The van der Waals surface area contributed by atoms with Gasteiger partial charge in [0.2, 0.25) is 0 Å². The van der Waals surface area contributed by atoms with Gasteiger partial charge >= 0.3 is 0 Å². The Kier molecular flexibility index (Phi) is 8.14. The van der Waals surface area contributed by atoms with E-state index in [1.54, 1.807) is 24.3 Å². The molecule has 0 heterocycles. The molecule has 0 spiro atoms. The van der Waals surface area contributed by atoms with Crippen molar-refractivity contribution in [1.29, 1.82) is 0 Å². The van der Waals surface area contributed by atoms with Crippen molar-refractivity contribution >= 4 is 29.4 Å². The summed E-state index contributed by atoms with van der Waals surface area (Å²) in [7, 11) is 1.53. The fraction of sp³-hybridized carbons (Fsp3) is 0.333. The summed E-state index contributed by atoms with van der Waals surface area (Å²) in [6.45, 7) is 8.39. The van der Waals surface area contributed by atoms with Crippen LogP contribution in [0.4, 0.5) is 5.69 Å². The Morgan fingerprint density at radius 3 is 2.43 bits per heavy atom. The lowest BCUT2D eigenvalue weighted by Crippen LogP contribution is -2.22. The molecular weight excluding hydrogens is 378 g/mol. The van der Waals surface area contributed by atoms with E-state index in [2.05, 4.69) is 29.3 Å². The molecule has 1 amide bonds. The molecule has 0 bridgehead atoms. The molecule has 6 nitrogen and oxygen atoms in total. The Bertz CT molecular complexity index is 818. The van der Waals surface area contributed by atoms with E-state index in [0.29, 0.717) is 34.3 Å². The van der Waals surface area contributed by atoms with Gasteiger partial charge in [-0.05, 0) is 62.7 Å². The van der Waals surface area contributed by atoms with Gasteiger partial charge in [0.05, 0.1) is 25.0 Å². The van der Waals surface area contributed by atoms with E-state index in [0.717, 1.165) is 18.8 Å². The summed E-state index contributed by atoms with van der Waals surface area (Å²) < 4.78 is 10.8. The number of hydrazone groups is 1. The fourth-order valence-electron chi connectivity index (χ4n) is 2.77. The third kappa shape index (κ3) is 5.39. The second kappa shape index (κ2) is 10.6. The number of halogens is 1. The molecule has 150 valence electrons. The first kappa shape index (κ1) is 21.6. The van der Waals surface area contributed by atoms with Gasteiger partial charge in [0, 0.05) is 24.3 Å². The number of nitrogens with zero attached hydrogens (tertiary/aromatic N) is 2. The van der Waals surface area contributed by atoms with E-state index < -0.39 is 0 Å². The predicted molar refractivity (Wildman–Crippen MR) is 114 cm³/mol. The SMILES string of the molecule is CCOc1cc(/C=N\NC(=O)c2ccc(N(CC)CC)cc2)cc(Cl)c1OC. The van der Waals surface area contributed by atoms with Crippen LogP contribution in [0.15, 0.2) is 41.5 Å². The van der Waals surface area contributed by atoms with Crippen LogP contribution in [0.5, 0.6) is 11.5 Å². The quantitative estimate of drug-likeness (QED) is 0.499. The monoisotopic (exact) mass is 403 g/mol. The average molecular weight is 404 g/mol. The Morgan fingerprint density at radius 1 is 1.18 bits per heavy atom. The van der Waals surface area contributed by atoms with Crippen molar-refractivity contribution in [2.24, 2.45) is 5.10 Å². The molecule has 7 heteroatoms. The summed E-state index contributed by atoms with van der Waals surface area (Å²) in [4.78, 5) is 14.5. The Balaban J connectivity index is 2.07. The number of hydrogen-bond acceptors (Lipinski definition) is 5. The number of hydrogen-bond donors (Lipinski definition) is 1. The lowest BCUT2D eigenvalue weighted by molar-refractivity contribution is 0.0955. The van der Waals surface area contributed by atoms with Crippen LogP contribution in [-0.4, -0.2) is 38.9 Å². The van der Waals surface area contributed by atoms with Crippen LogP contribution in [0.3, 0.4) is 0 Å². The summed E-state index contributed by atoms with van der Waals surface area (Å²) >= 11 is 6.21. The minimum absolute atomic E-state index is 0.285. The van der Waals surface area contributed by atoms with E-state index in [4.69, 9.17) is 21.1 Å². The Morgan fingerprint density at radius 2 is 1.86 bits per heavy atom. The van der Waals surface area contributed by atoms with Gasteiger partial charge in [-0.15, -0.1) is 0 Å². The maximum absolute atomic E-state index is 12.3. The van der Waals surface area contributed by atoms with Gasteiger partial charge in [-0.3, -0.25) is 4.79 Å². The zero-order valence-corrected chi connectivity index (χ0v) is 17.4. The molecule has 0 aromatic heterocycles. The molecule has 0 unspecified atom stereocenters. The van der Waals surface area contributed by atoms with Gasteiger partial charge in [-0.1, -0.05) is 11.6 Å². The first-order chi connectivity index (χ1) is 13.5. The van der Waals surface area contributed by atoms with Crippen LogP contribution in [-0.2, 0) is 0 Å². The van der Waals surface area contributed by atoms with E-state index >= 15 is 0 Å². The van der Waals surface area contributed by atoms with Crippen LogP contribution in [0.2, 0.25) is 5.02 Å². The van der Waals surface area contributed by atoms with Crippen molar-refractivity contribution in [3.05, 3.63) is 52.5 Å². The molecule has 0 atom stereocenters. The lowest BCUT2D eigenvalue weighted by Gasteiger charge is -2.20. The van der Waals surface area contributed by atoms with Crippen LogP contribution in [0, 0.1) is 0 Å². The molecule has 0 aliphatic rings. The van der Waals surface area contributed by atoms with Gasteiger partial charge in [0.25, 0.3) is 5.91 Å². The highest BCUT2D eigenvalue weighted by atomic mass is 35.5. The molecule has 0 fully saturated rings. The van der Waals surface area contributed by atoms with Gasteiger partial charge in [0.15, 0.2) is 11.5 Å². The number of carbonyl (C=O) groups excluding carboxylic acids is 1. The lowest BCUT2D eigenvalue weighted by atomic mass is 10.2. The second-order valence-electron chi connectivity index (χ2n) is 5.89. The van der Waals surface area contributed by atoms with Crippen molar-refractivity contribution in [2.45, 2.75) is 20.8 Å². The molecule has 0 saturated heterocycles. The standard InChI is InChI=1S/C21H26ClN3O3/c1-5-25(6-2)17-10-8-16(9-11-17)21(26)24-23-14-15-12-18(22)20(27-4)19(13-15)28-7-3/h8-14H,5-7H2,1-4H3,(H,24,26)/b23-14-. The minimum Gasteiger partial charge on any atom is -0.491 e. The number of anilines is 1. The zero-order chi connectivity index (χ0) is 20.5. The number of carbonyl (C=O) groups is 1. The third-order valence-electron chi connectivity index (χ3n) is 4.17. The molecule has 0 radical (unpaired) electrons. The number of rotatable bonds is 9. The van der Waals surface area contributed by atoms with Crippen LogP contribution in [0.1, 0.15) is 36.7 Å². The summed E-state index contributed by atoms with van der Waals surface area (Å²) in [5.74, 6) is 0.710. The minimum atomic E-state index is -0.285. The molecular formula is C21H26ClN3O3. The fourth-order valence-corrected chi connectivity index (χ4v) is 3.06. The van der Waals surface area contributed by atoms with Crippen LogP contribution < -0.4 is 19.8 Å². The number of nitrogens with one attached hydrogen (secondary N) is 1.